The van der Waals surface area contributed by atoms with E-state index in [-0.39, 0.29) is 48.9 Å². The van der Waals surface area contributed by atoms with Crippen LogP contribution in [0.3, 0.4) is 0 Å². The summed E-state index contributed by atoms with van der Waals surface area (Å²) in [6.07, 6.45) is 0.624. The van der Waals surface area contributed by atoms with Crippen LogP contribution in [-0.4, -0.2) is 94.0 Å². The number of aromatic nitrogens is 4. The van der Waals surface area contributed by atoms with Crippen molar-refractivity contribution in [3.05, 3.63) is 36.2 Å². The summed E-state index contributed by atoms with van der Waals surface area (Å²) in [6, 6.07) is 7.57. The number of fused-ring (bicyclic) bond motifs is 1. The normalized spacial score (nSPS) is 18.6. The number of rotatable bonds is 9. The molecular weight excluding hydrogens is 647 g/mol. The third kappa shape index (κ3) is 6.91. The van der Waals surface area contributed by atoms with E-state index in [0.29, 0.717) is 28.1 Å². The molecule has 2 saturated heterocycles. The molecule has 45 heavy (non-hydrogen) atoms. The van der Waals surface area contributed by atoms with E-state index in [4.69, 9.17) is 0 Å². The van der Waals surface area contributed by atoms with Crippen molar-refractivity contribution in [1.82, 2.24) is 19.6 Å². The van der Waals surface area contributed by atoms with Crippen LogP contribution in [0.25, 0.3) is 5.65 Å². The molecule has 2 fully saturated rings. The molecule has 4 heterocycles. The van der Waals surface area contributed by atoms with Gasteiger partial charge in [-0.3, -0.25) is 4.79 Å². The smallest absolute Gasteiger partial charge is 0.258 e. The van der Waals surface area contributed by atoms with Gasteiger partial charge in [0.25, 0.3) is 11.8 Å². The van der Waals surface area contributed by atoms with E-state index < -0.39 is 51.5 Å². The Labute approximate surface area is 262 Å². The predicted octanol–water partition coefficient (Wildman–Crippen LogP) is 3.65. The number of carbonyl (C=O) groups is 1. The fourth-order valence-corrected chi connectivity index (χ4v) is 10.8. The van der Waals surface area contributed by atoms with Crippen molar-refractivity contribution in [2.45, 2.75) is 57.8 Å². The van der Waals surface area contributed by atoms with Gasteiger partial charge in [-0.05, 0) is 44.1 Å². The highest BCUT2D eigenvalue weighted by Gasteiger charge is 2.36. The number of benzene rings is 1. The average molecular weight is 685 g/mol. The van der Waals surface area contributed by atoms with Crippen LogP contribution in [0.2, 0.25) is 25.2 Å². The lowest BCUT2D eigenvalue weighted by atomic mass is 10.1. The Kier molecular flexibility index (Phi) is 8.86. The maximum absolute atomic E-state index is 13.9. The van der Waals surface area contributed by atoms with E-state index in [9.17, 15) is 30.4 Å². The average Bonchev–Trinajstić information content (AvgIpc) is 3.45. The number of piperidine rings is 1. The zero-order chi connectivity index (χ0) is 32.8. The number of halogens is 2. The highest BCUT2D eigenvalue weighted by Crippen LogP contribution is 2.35. The number of carbonyl (C=O) groups excluding carboxylic acids is 1. The number of hydrogen-bond donors (Lipinski definition) is 1. The van der Waals surface area contributed by atoms with Gasteiger partial charge in [-0.25, -0.2) is 30.6 Å². The fraction of sp³-hybridized carbons (Fsp3) is 0.556. The van der Waals surface area contributed by atoms with Gasteiger partial charge >= 0.3 is 0 Å². The maximum Gasteiger partial charge on any atom is 0.258 e. The Morgan fingerprint density at radius 1 is 0.978 bits per heavy atom. The molecule has 1 aromatic carbocycles. The third-order valence-electron chi connectivity index (χ3n) is 8.40. The Balaban J connectivity index is 1.54. The molecule has 0 spiro atoms. The molecule has 2 aliphatic heterocycles. The molecule has 0 radical (unpaired) electrons. The Bertz CT molecular complexity index is 1770. The van der Waals surface area contributed by atoms with Crippen LogP contribution >= 0.6 is 0 Å². The Morgan fingerprint density at radius 2 is 1.60 bits per heavy atom. The fourth-order valence-electron chi connectivity index (χ4n) is 5.47. The molecule has 2 aliphatic rings. The lowest BCUT2D eigenvalue weighted by Crippen LogP contribution is -2.43. The topological polar surface area (TPSA) is 150 Å². The van der Waals surface area contributed by atoms with Crippen LogP contribution in [0.5, 0.6) is 0 Å². The van der Waals surface area contributed by atoms with Crippen LogP contribution in [-0.2, 0) is 20.0 Å². The molecule has 13 nitrogen and oxygen atoms in total. The molecule has 3 aromatic rings. The quantitative estimate of drug-likeness (QED) is 0.331. The number of nitrogens with one attached hydrogen (secondary N) is 1. The van der Waals surface area contributed by atoms with Crippen molar-refractivity contribution in [2.75, 3.05) is 56.5 Å². The summed E-state index contributed by atoms with van der Waals surface area (Å²) in [6.45, 7) is 8.65. The number of alkyl halides is 2. The van der Waals surface area contributed by atoms with Gasteiger partial charge in [0.05, 0.1) is 36.5 Å². The molecule has 5 rings (SSSR count). The van der Waals surface area contributed by atoms with Crippen molar-refractivity contribution >= 4 is 62.8 Å². The first-order valence-corrected chi connectivity index (χ1v) is 21.5. The molecule has 0 unspecified atom stereocenters. The van der Waals surface area contributed by atoms with Crippen LogP contribution in [0, 0.1) is 0 Å². The van der Waals surface area contributed by atoms with E-state index in [1.165, 1.54) is 49.0 Å². The minimum absolute atomic E-state index is 0.0461. The van der Waals surface area contributed by atoms with Crippen molar-refractivity contribution in [2.24, 2.45) is 0 Å². The standard InChI is InChI=1S/C27H38F2N8O5S2Si/c1-5-43(39,40)37(44(41,42)6-2)20-7-8-21(22(17-20)34-13-15-45(3,4)16-14-34)25(38)32-23-18-24-30-19-31-36(24)26(33-23)35-11-9-27(28,29)10-12-35/h7-8,17-19H,5-6,9-16H2,1-4H3,(H,32,38). The SMILES string of the molecule is CCS(=O)(=O)N(c1ccc(C(=O)Nc2cc3ncnn3c(N3CCC(F)(F)CC3)n2)c(N2CC[Si](C)(C)CC2)c1)S(=O)(=O)CC. The van der Waals surface area contributed by atoms with E-state index in [1.54, 1.807) is 4.90 Å². The minimum atomic E-state index is -4.21. The molecule has 0 atom stereocenters. The van der Waals surface area contributed by atoms with Gasteiger partial charge in [-0.2, -0.15) is 18.3 Å². The summed E-state index contributed by atoms with van der Waals surface area (Å²) in [5.41, 5.74) is 0.889. The second-order valence-corrected chi connectivity index (χ2v) is 21.9. The van der Waals surface area contributed by atoms with E-state index in [1.807, 2.05) is 4.90 Å². The van der Waals surface area contributed by atoms with Crippen molar-refractivity contribution in [3.8, 4) is 0 Å². The van der Waals surface area contributed by atoms with Gasteiger partial charge in [0.1, 0.15) is 12.1 Å². The first-order chi connectivity index (χ1) is 21.1. The van der Waals surface area contributed by atoms with E-state index >= 15 is 0 Å². The van der Waals surface area contributed by atoms with Crippen molar-refractivity contribution < 1.29 is 30.4 Å². The number of amides is 1. The van der Waals surface area contributed by atoms with Crippen LogP contribution in [0.4, 0.5) is 31.9 Å². The van der Waals surface area contributed by atoms with Gasteiger partial charge in [0.15, 0.2) is 5.65 Å². The summed E-state index contributed by atoms with van der Waals surface area (Å²) < 4.78 is 81.7. The largest absolute Gasteiger partial charge is 0.371 e. The molecule has 1 N–H and O–H groups in total. The van der Waals surface area contributed by atoms with Crippen molar-refractivity contribution in [3.63, 3.8) is 0 Å². The zero-order valence-electron chi connectivity index (χ0n) is 25.7. The third-order valence-corrected chi connectivity index (χ3v) is 15.8. The van der Waals surface area contributed by atoms with E-state index in [0.717, 1.165) is 12.1 Å². The summed E-state index contributed by atoms with van der Waals surface area (Å²) in [4.78, 5) is 26.3. The van der Waals surface area contributed by atoms with Crippen molar-refractivity contribution in [1.29, 1.82) is 0 Å². The maximum atomic E-state index is 13.9. The first-order valence-electron chi connectivity index (χ1n) is 14.9. The summed E-state index contributed by atoms with van der Waals surface area (Å²) >= 11 is 0. The number of sulfonamides is 2. The molecule has 0 saturated carbocycles. The van der Waals surface area contributed by atoms with Crippen LogP contribution in [0.15, 0.2) is 30.6 Å². The Morgan fingerprint density at radius 3 is 2.20 bits per heavy atom. The lowest BCUT2D eigenvalue weighted by molar-refractivity contribution is -0.0223. The highest BCUT2D eigenvalue weighted by molar-refractivity contribution is 8.10. The molecule has 1 amide bonds. The van der Waals surface area contributed by atoms with Gasteiger partial charge < -0.3 is 15.1 Å². The molecular formula is C27H38F2N8O5S2Si. The molecule has 246 valence electrons. The van der Waals surface area contributed by atoms with Gasteiger partial charge in [0.2, 0.25) is 26.0 Å². The second kappa shape index (κ2) is 12.1. The zero-order valence-corrected chi connectivity index (χ0v) is 28.3. The lowest BCUT2D eigenvalue weighted by Gasteiger charge is -2.38. The number of nitrogens with zero attached hydrogens (tertiary/aromatic N) is 7. The van der Waals surface area contributed by atoms with Gasteiger partial charge in [-0.15, -0.1) is 0 Å². The van der Waals surface area contributed by atoms with Gasteiger partial charge in [0, 0.05) is 45.1 Å². The summed E-state index contributed by atoms with van der Waals surface area (Å²) in [5.74, 6) is -3.80. The Hall–Kier alpha value is -3.38. The van der Waals surface area contributed by atoms with Crippen LogP contribution < -0.4 is 18.8 Å². The van der Waals surface area contributed by atoms with Gasteiger partial charge in [-0.1, -0.05) is 13.1 Å². The summed E-state index contributed by atoms with van der Waals surface area (Å²) in [5, 5.41) is 6.96. The first kappa shape index (κ1) is 33.0. The molecule has 18 heteroatoms. The van der Waals surface area contributed by atoms with E-state index in [2.05, 4.69) is 33.5 Å². The predicted molar refractivity (Wildman–Crippen MR) is 172 cm³/mol. The number of anilines is 4. The minimum Gasteiger partial charge on any atom is -0.371 e. The molecule has 0 bridgehead atoms. The number of hydrogen-bond acceptors (Lipinski definition) is 10. The monoisotopic (exact) mass is 684 g/mol. The van der Waals surface area contributed by atoms with Crippen LogP contribution in [0.1, 0.15) is 37.0 Å². The molecule has 0 aliphatic carbocycles. The molecule has 2 aromatic heterocycles. The summed E-state index contributed by atoms with van der Waals surface area (Å²) in [7, 11) is -9.88. The second-order valence-electron chi connectivity index (χ2n) is 12.1. The highest BCUT2D eigenvalue weighted by atomic mass is 32.3.